The summed E-state index contributed by atoms with van der Waals surface area (Å²) in [5, 5.41) is 6.62. The highest BCUT2D eigenvalue weighted by atomic mass is 32.2. The molecule has 1 aliphatic rings. The smallest absolute Gasteiger partial charge is 0.264 e. The summed E-state index contributed by atoms with van der Waals surface area (Å²) in [6, 6.07) is 14.1. The number of rotatable bonds is 3. The van der Waals surface area contributed by atoms with Gasteiger partial charge in [0.05, 0.1) is 17.0 Å². The molecule has 1 aromatic carbocycles. The number of aliphatic imine (C=N–C) groups is 1. The lowest BCUT2D eigenvalue weighted by Crippen LogP contribution is -2.20. The third-order valence-corrected chi connectivity index (χ3v) is 5.94. The van der Waals surface area contributed by atoms with Crippen LogP contribution in [0, 0.1) is 0 Å². The average Bonchev–Trinajstić information content (AvgIpc) is 3.28. The maximum atomic E-state index is 12.3. The Hall–Kier alpha value is -2.44. The number of benzene rings is 1. The van der Waals surface area contributed by atoms with Gasteiger partial charge in [-0.05, 0) is 59.5 Å². The standard InChI is InChI=1S/C19H15N3OS2/c1-12(13-6-7-16-14(10-13)4-2-8-20-16)17-18(23)22-19(25-17)21-11-15-5-3-9-24-15/h2-10H,11H2,1H3,(H,21,22,23)/b17-12+. The molecule has 1 N–H and O–H groups in total. The van der Waals surface area contributed by atoms with Crippen LogP contribution in [0.1, 0.15) is 17.4 Å². The Morgan fingerprint density at radius 1 is 1.24 bits per heavy atom. The first-order chi connectivity index (χ1) is 12.2. The summed E-state index contributed by atoms with van der Waals surface area (Å²) in [6.07, 6.45) is 1.78. The molecule has 1 aliphatic heterocycles. The minimum absolute atomic E-state index is 0.0845. The lowest BCUT2D eigenvalue weighted by atomic mass is 10.0. The Bertz CT molecular complexity index is 1010. The zero-order chi connectivity index (χ0) is 17.2. The SMILES string of the molecule is C/C(=C1\SC(=NCc2cccs2)NC1=O)c1ccc2ncccc2c1. The number of fused-ring (bicyclic) bond motifs is 1. The fourth-order valence-electron chi connectivity index (χ4n) is 2.63. The van der Waals surface area contributed by atoms with E-state index >= 15 is 0 Å². The lowest BCUT2D eigenvalue weighted by Gasteiger charge is -2.05. The van der Waals surface area contributed by atoms with Gasteiger partial charge in [-0.3, -0.25) is 14.8 Å². The Morgan fingerprint density at radius 2 is 2.16 bits per heavy atom. The van der Waals surface area contributed by atoms with Crippen molar-refractivity contribution in [3.05, 3.63) is 69.4 Å². The number of aromatic nitrogens is 1. The predicted molar refractivity (Wildman–Crippen MR) is 106 cm³/mol. The van der Waals surface area contributed by atoms with Gasteiger partial charge in [-0.2, -0.15) is 0 Å². The Balaban J connectivity index is 1.62. The molecular weight excluding hydrogens is 350 g/mol. The topological polar surface area (TPSA) is 54.4 Å². The first kappa shape index (κ1) is 16.1. The van der Waals surface area contributed by atoms with Crippen molar-refractivity contribution in [2.75, 3.05) is 0 Å². The van der Waals surface area contributed by atoms with Gasteiger partial charge in [0.2, 0.25) is 0 Å². The van der Waals surface area contributed by atoms with Crippen molar-refractivity contribution in [1.82, 2.24) is 10.3 Å². The van der Waals surface area contributed by atoms with Gasteiger partial charge < -0.3 is 5.32 Å². The molecule has 3 aromatic rings. The molecule has 6 heteroatoms. The van der Waals surface area contributed by atoms with Crippen molar-refractivity contribution < 1.29 is 4.79 Å². The molecule has 0 aliphatic carbocycles. The van der Waals surface area contributed by atoms with Gasteiger partial charge in [0.25, 0.3) is 5.91 Å². The Kier molecular flexibility index (Phi) is 4.38. The Morgan fingerprint density at radius 3 is 3.00 bits per heavy atom. The molecule has 0 saturated carbocycles. The molecule has 4 rings (SSSR count). The van der Waals surface area contributed by atoms with Gasteiger partial charge in [0, 0.05) is 16.5 Å². The number of thiophene rings is 1. The lowest BCUT2D eigenvalue weighted by molar-refractivity contribution is -0.115. The number of nitrogens with one attached hydrogen (secondary N) is 1. The molecule has 124 valence electrons. The molecular formula is C19H15N3OS2. The van der Waals surface area contributed by atoms with E-state index < -0.39 is 0 Å². The van der Waals surface area contributed by atoms with Crippen LogP contribution in [-0.4, -0.2) is 16.1 Å². The minimum Gasteiger partial charge on any atom is -0.301 e. The van der Waals surface area contributed by atoms with Gasteiger partial charge >= 0.3 is 0 Å². The number of nitrogens with zero attached hydrogens (tertiary/aromatic N) is 2. The number of amides is 1. The van der Waals surface area contributed by atoms with Crippen LogP contribution in [0.5, 0.6) is 0 Å². The van der Waals surface area contributed by atoms with E-state index in [0.717, 1.165) is 22.0 Å². The fraction of sp³-hybridized carbons (Fsp3) is 0.105. The number of carbonyl (C=O) groups is 1. The quantitative estimate of drug-likeness (QED) is 0.698. The van der Waals surface area contributed by atoms with Crippen molar-refractivity contribution in [2.45, 2.75) is 13.5 Å². The van der Waals surface area contributed by atoms with E-state index in [4.69, 9.17) is 0 Å². The maximum absolute atomic E-state index is 12.3. The van der Waals surface area contributed by atoms with Gasteiger partial charge in [0.15, 0.2) is 5.17 Å². The van der Waals surface area contributed by atoms with E-state index in [-0.39, 0.29) is 5.91 Å². The van der Waals surface area contributed by atoms with Gasteiger partial charge in [-0.1, -0.05) is 18.2 Å². The molecule has 1 amide bonds. The van der Waals surface area contributed by atoms with Crippen LogP contribution in [0.25, 0.3) is 16.5 Å². The second-order valence-electron chi connectivity index (χ2n) is 5.62. The maximum Gasteiger partial charge on any atom is 0.264 e. The van der Waals surface area contributed by atoms with E-state index in [9.17, 15) is 4.79 Å². The summed E-state index contributed by atoms with van der Waals surface area (Å²) in [5.41, 5.74) is 2.93. The van der Waals surface area contributed by atoms with Crippen LogP contribution in [0.3, 0.4) is 0 Å². The van der Waals surface area contributed by atoms with Crippen LogP contribution in [0.2, 0.25) is 0 Å². The highest BCUT2D eigenvalue weighted by molar-refractivity contribution is 8.18. The third kappa shape index (κ3) is 3.36. The van der Waals surface area contributed by atoms with E-state index in [0.29, 0.717) is 16.6 Å². The fourth-order valence-corrected chi connectivity index (χ4v) is 4.14. The monoisotopic (exact) mass is 365 g/mol. The third-order valence-electron chi connectivity index (χ3n) is 3.96. The number of allylic oxidation sites excluding steroid dienone is 1. The van der Waals surface area contributed by atoms with Crippen LogP contribution >= 0.6 is 23.1 Å². The first-order valence-corrected chi connectivity index (χ1v) is 9.52. The second kappa shape index (κ2) is 6.82. The van der Waals surface area contributed by atoms with Crippen LogP contribution in [0.4, 0.5) is 0 Å². The summed E-state index contributed by atoms with van der Waals surface area (Å²) in [6.45, 7) is 2.57. The molecule has 0 bridgehead atoms. The second-order valence-corrected chi connectivity index (χ2v) is 7.65. The van der Waals surface area contributed by atoms with E-state index in [1.165, 1.54) is 16.6 Å². The largest absolute Gasteiger partial charge is 0.301 e. The highest BCUT2D eigenvalue weighted by Gasteiger charge is 2.26. The van der Waals surface area contributed by atoms with Crippen LogP contribution in [-0.2, 0) is 11.3 Å². The summed E-state index contributed by atoms with van der Waals surface area (Å²) >= 11 is 3.07. The molecule has 1 fully saturated rings. The number of pyridine rings is 1. The molecule has 2 aromatic heterocycles. The number of hydrogen-bond donors (Lipinski definition) is 1. The van der Waals surface area contributed by atoms with Crippen molar-refractivity contribution >= 4 is 50.6 Å². The molecule has 3 heterocycles. The molecule has 0 spiro atoms. The number of hydrogen-bond acceptors (Lipinski definition) is 5. The zero-order valence-corrected chi connectivity index (χ0v) is 15.2. The number of amidine groups is 1. The molecule has 1 saturated heterocycles. The molecule has 0 unspecified atom stereocenters. The summed E-state index contributed by atoms with van der Waals surface area (Å²) in [4.78, 5) is 23.1. The van der Waals surface area contributed by atoms with E-state index in [1.54, 1.807) is 17.5 Å². The van der Waals surface area contributed by atoms with Crippen molar-refractivity contribution in [2.24, 2.45) is 4.99 Å². The average molecular weight is 365 g/mol. The van der Waals surface area contributed by atoms with Crippen molar-refractivity contribution in [3.63, 3.8) is 0 Å². The van der Waals surface area contributed by atoms with Crippen LogP contribution < -0.4 is 5.32 Å². The number of carbonyl (C=O) groups excluding carboxylic acids is 1. The summed E-state index contributed by atoms with van der Waals surface area (Å²) < 4.78 is 0. The molecule has 4 nitrogen and oxygen atoms in total. The minimum atomic E-state index is -0.0845. The zero-order valence-electron chi connectivity index (χ0n) is 13.5. The highest BCUT2D eigenvalue weighted by Crippen LogP contribution is 2.32. The summed E-state index contributed by atoms with van der Waals surface area (Å²) in [7, 11) is 0. The van der Waals surface area contributed by atoms with Crippen LogP contribution in [0.15, 0.2) is 63.9 Å². The van der Waals surface area contributed by atoms with Gasteiger partial charge in [0.1, 0.15) is 0 Å². The Labute approximate surface area is 153 Å². The van der Waals surface area contributed by atoms with Crippen molar-refractivity contribution in [1.29, 1.82) is 0 Å². The predicted octanol–water partition coefficient (Wildman–Crippen LogP) is 4.45. The molecule has 25 heavy (non-hydrogen) atoms. The first-order valence-electron chi connectivity index (χ1n) is 7.83. The number of thioether (sulfide) groups is 1. The van der Waals surface area contributed by atoms with Crippen molar-refractivity contribution in [3.8, 4) is 0 Å². The molecule has 0 atom stereocenters. The van der Waals surface area contributed by atoms with Gasteiger partial charge in [-0.25, -0.2) is 0 Å². The van der Waals surface area contributed by atoms with Gasteiger partial charge in [-0.15, -0.1) is 11.3 Å². The summed E-state index contributed by atoms with van der Waals surface area (Å²) in [5.74, 6) is -0.0845. The van der Waals surface area contributed by atoms with E-state index in [2.05, 4.69) is 21.4 Å². The normalized spacial score (nSPS) is 18.0. The molecule has 0 radical (unpaired) electrons. The van der Waals surface area contributed by atoms with E-state index in [1.807, 2.05) is 48.7 Å².